The molecule has 0 aliphatic heterocycles. The molecule has 0 heterocycles. The van der Waals surface area contributed by atoms with Crippen LogP contribution in [0.1, 0.15) is 63.9 Å². The molecule has 7 heteroatoms. The first-order valence-electron chi connectivity index (χ1n) is 9.58. The molecule has 0 unspecified atom stereocenters. The van der Waals surface area contributed by atoms with Gasteiger partial charge in [-0.05, 0) is 6.42 Å². The molecule has 0 saturated carbocycles. The number of esters is 2. The highest BCUT2D eigenvalue weighted by molar-refractivity contribution is 5.77. The van der Waals surface area contributed by atoms with Gasteiger partial charge in [-0.15, -0.1) is 0 Å². The average molecular weight is 379 g/mol. The van der Waals surface area contributed by atoms with Crippen LogP contribution in [0.3, 0.4) is 0 Å². The molecule has 0 fully saturated rings. The van der Waals surface area contributed by atoms with E-state index in [2.05, 4.69) is 6.92 Å². The number of carbonyl (C=O) groups excluding carboxylic acids is 2. The molecule has 27 heavy (non-hydrogen) atoms. The van der Waals surface area contributed by atoms with Crippen molar-refractivity contribution in [2.24, 2.45) is 0 Å². The molecule has 0 N–H and O–H groups in total. The van der Waals surface area contributed by atoms with E-state index in [1.54, 1.807) is 18.2 Å². The Morgan fingerprint density at radius 2 is 1.52 bits per heavy atom. The number of hydrogen-bond acceptors (Lipinski definition) is 6. The zero-order valence-electron chi connectivity index (χ0n) is 16.0. The quantitative estimate of drug-likeness (QED) is 0.206. The number of nitrogens with zero attached hydrogens (tertiary/aromatic N) is 1. The molecule has 7 nitrogen and oxygen atoms in total. The molecule has 0 aliphatic rings. The van der Waals surface area contributed by atoms with Gasteiger partial charge in [0.15, 0.2) is 0 Å². The van der Waals surface area contributed by atoms with Crippen molar-refractivity contribution >= 4 is 17.6 Å². The fraction of sp³-hybridized carbons (Fsp3) is 0.600. The molecule has 0 radical (unpaired) electrons. The Hall–Kier alpha value is -2.44. The van der Waals surface area contributed by atoms with Gasteiger partial charge in [0.1, 0.15) is 0 Å². The minimum atomic E-state index is -0.509. The molecule has 0 aromatic heterocycles. The van der Waals surface area contributed by atoms with Crippen LogP contribution in [0.2, 0.25) is 0 Å². The summed E-state index contributed by atoms with van der Waals surface area (Å²) >= 11 is 0. The molecule has 0 atom stereocenters. The third-order valence-corrected chi connectivity index (χ3v) is 4.12. The van der Waals surface area contributed by atoms with Gasteiger partial charge in [0.05, 0.1) is 31.0 Å². The van der Waals surface area contributed by atoms with E-state index in [1.807, 2.05) is 0 Å². The molecule has 0 spiro atoms. The number of carbonyl (C=O) groups is 2. The summed E-state index contributed by atoms with van der Waals surface area (Å²) in [5, 5.41) is 10.9. The largest absolute Gasteiger partial charge is 0.466 e. The van der Waals surface area contributed by atoms with Crippen molar-refractivity contribution in [1.29, 1.82) is 0 Å². The van der Waals surface area contributed by atoms with Crippen molar-refractivity contribution < 1.29 is 24.0 Å². The summed E-state index contributed by atoms with van der Waals surface area (Å²) in [6.45, 7) is 2.59. The van der Waals surface area contributed by atoms with Crippen molar-refractivity contribution in [3.63, 3.8) is 0 Å². The number of ether oxygens (including phenoxy) is 2. The van der Waals surface area contributed by atoms with Crippen LogP contribution in [0, 0.1) is 10.1 Å². The maximum Gasteiger partial charge on any atom is 0.306 e. The minimum absolute atomic E-state index is 0.00632. The molecule has 150 valence electrons. The van der Waals surface area contributed by atoms with Crippen LogP contribution < -0.4 is 0 Å². The van der Waals surface area contributed by atoms with Crippen LogP contribution in [0.25, 0.3) is 0 Å². The number of nitro benzene ring substituents is 1. The second kappa shape index (κ2) is 13.7. The molecule has 0 bridgehead atoms. The zero-order valence-corrected chi connectivity index (χ0v) is 16.0. The number of nitro groups is 1. The van der Waals surface area contributed by atoms with Crippen LogP contribution in [0.15, 0.2) is 24.3 Å². The summed E-state index contributed by atoms with van der Waals surface area (Å²) in [6, 6.07) is 6.33. The first-order valence-corrected chi connectivity index (χ1v) is 9.58. The zero-order chi connectivity index (χ0) is 19.9. The lowest BCUT2D eigenvalue weighted by Crippen LogP contribution is -2.12. The van der Waals surface area contributed by atoms with Gasteiger partial charge in [-0.1, -0.05) is 57.2 Å². The van der Waals surface area contributed by atoms with E-state index in [9.17, 15) is 19.7 Å². The third kappa shape index (κ3) is 10.3. The molecule has 1 aromatic rings. The summed E-state index contributed by atoms with van der Waals surface area (Å²) in [5.74, 6) is -0.913. The maximum atomic E-state index is 11.7. The van der Waals surface area contributed by atoms with E-state index in [1.165, 1.54) is 25.3 Å². The fourth-order valence-corrected chi connectivity index (χ4v) is 2.59. The summed E-state index contributed by atoms with van der Waals surface area (Å²) in [4.78, 5) is 33.7. The summed E-state index contributed by atoms with van der Waals surface area (Å²) in [7, 11) is 0. The van der Waals surface area contributed by atoms with Crippen molar-refractivity contribution in [1.82, 2.24) is 0 Å². The fourth-order valence-electron chi connectivity index (χ4n) is 2.59. The van der Waals surface area contributed by atoms with Crippen LogP contribution in [0.4, 0.5) is 5.69 Å². The molecule has 1 aromatic carbocycles. The normalized spacial score (nSPS) is 10.4. The average Bonchev–Trinajstić information content (AvgIpc) is 2.66. The smallest absolute Gasteiger partial charge is 0.306 e. The minimum Gasteiger partial charge on any atom is -0.466 e. The Bertz CT molecular complexity index is 602. The number of para-hydroxylation sites is 1. The van der Waals surface area contributed by atoms with Gasteiger partial charge in [0.25, 0.3) is 5.69 Å². The molecule has 0 saturated heterocycles. The first-order chi connectivity index (χ1) is 13.0. The van der Waals surface area contributed by atoms with Gasteiger partial charge >= 0.3 is 11.9 Å². The predicted molar refractivity (Wildman–Crippen MR) is 101 cm³/mol. The Morgan fingerprint density at radius 1 is 0.926 bits per heavy atom. The Labute approximate surface area is 160 Å². The monoisotopic (exact) mass is 379 g/mol. The van der Waals surface area contributed by atoms with E-state index in [4.69, 9.17) is 9.47 Å². The SMILES string of the molecule is CCCCCCCCOC(=O)CCC(=O)OCCc1ccccc1[N+](=O)[O-]. The number of unbranched alkanes of at least 4 members (excludes halogenated alkanes) is 5. The van der Waals surface area contributed by atoms with Crippen LogP contribution in [0.5, 0.6) is 0 Å². The van der Waals surface area contributed by atoms with Crippen LogP contribution >= 0.6 is 0 Å². The van der Waals surface area contributed by atoms with Crippen LogP contribution in [-0.4, -0.2) is 30.1 Å². The van der Waals surface area contributed by atoms with E-state index in [0.717, 1.165) is 19.3 Å². The van der Waals surface area contributed by atoms with Crippen molar-refractivity contribution in [2.75, 3.05) is 13.2 Å². The molecule has 1 rings (SSSR count). The predicted octanol–water partition coefficient (Wildman–Crippen LogP) is 4.36. The Morgan fingerprint density at radius 3 is 2.19 bits per heavy atom. The molecule has 0 amide bonds. The topological polar surface area (TPSA) is 95.7 Å². The number of benzene rings is 1. The lowest BCUT2D eigenvalue weighted by molar-refractivity contribution is -0.385. The third-order valence-electron chi connectivity index (χ3n) is 4.12. The summed E-state index contributed by atoms with van der Waals surface area (Å²) < 4.78 is 10.1. The van der Waals surface area contributed by atoms with Crippen molar-refractivity contribution in [3.8, 4) is 0 Å². The second-order valence-corrected chi connectivity index (χ2v) is 6.34. The Kier molecular flexibility index (Phi) is 11.5. The van der Waals surface area contributed by atoms with Gasteiger partial charge in [0, 0.05) is 18.1 Å². The lowest BCUT2D eigenvalue weighted by atomic mass is 10.1. The van der Waals surface area contributed by atoms with E-state index in [0.29, 0.717) is 12.2 Å². The van der Waals surface area contributed by atoms with Gasteiger partial charge in [-0.3, -0.25) is 19.7 Å². The molecular weight excluding hydrogens is 350 g/mol. The van der Waals surface area contributed by atoms with Gasteiger partial charge < -0.3 is 9.47 Å². The first kappa shape index (κ1) is 22.6. The standard InChI is InChI=1S/C20H29NO6/c1-2-3-4-5-6-9-15-26-19(22)12-13-20(23)27-16-14-17-10-7-8-11-18(17)21(24)25/h7-8,10-11H,2-6,9,12-16H2,1H3. The van der Waals surface area contributed by atoms with E-state index < -0.39 is 16.9 Å². The van der Waals surface area contributed by atoms with Gasteiger partial charge in [-0.25, -0.2) is 0 Å². The molecular formula is C20H29NO6. The van der Waals surface area contributed by atoms with Gasteiger partial charge in [-0.2, -0.15) is 0 Å². The van der Waals surface area contributed by atoms with Crippen molar-refractivity contribution in [3.05, 3.63) is 39.9 Å². The maximum absolute atomic E-state index is 11.7. The lowest BCUT2D eigenvalue weighted by Gasteiger charge is -2.06. The van der Waals surface area contributed by atoms with Crippen molar-refractivity contribution in [2.45, 2.75) is 64.7 Å². The Balaban J connectivity index is 2.12. The highest BCUT2D eigenvalue weighted by atomic mass is 16.6. The van der Waals surface area contributed by atoms with Gasteiger partial charge in [0.2, 0.25) is 0 Å². The van der Waals surface area contributed by atoms with E-state index >= 15 is 0 Å². The summed E-state index contributed by atoms with van der Waals surface area (Å²) in [6.07, 6.45) is 6.88. The highest BCUT2D eigenvalue weighted by Gasteiger charge is 2.13. The van der Waals surface area contributed by atoms with Crippen LogP contribution in [-0.2, 0) is 25.5 Å². The summed E-state index contributed by atoms with van der Waals surface area (Å²) in [5.41, 5.74) is 0.514. The number of hydrogen-bond donors (Lipinski definition) is 0. The van der Waals surface area contributed by atoms with E-state index in [-0.39, 0.29) is 31.6 Å². The molecule has 0 aliphatic carbocycles. The number of rotatable bonds is 14. The second-order valence-electron chi connectivity index (χ2n) is 6.34. The highest BCUT2D eigenvalue weighted by Crippen LogP contribution is 2.18.